The monoisotopic (exact) mass is 266 g/mol. The van der Waals surface area contributed by atoms with Gasteiger partial charge in [-0.15, -0.1) is 11.3 Å². The molecule has 0 bridgehead atoms. The van der Waals surface area contributed by atoms with Crippen molar-refractivity contribution in [2.45, 2.75) is 19.9 Å². The molecule has 0 fully saturated rings. The van der Waals surface area contributed by atoms with Crippen molar-refractivity contribution in [3.63, 3.8) is 0 Å². The summed E-state index contributed by atoms with van der Waals surface area (Å²) in [6.07, 6.45) is 0. The predicted molar refractivity (Wildman–Crippen MR) is 72.8 cm³/mol. The van der Waals surface area contributed by atoms with E-state index in [4.69, 9.17) is 4.74 Å². The summed E-state index contributed by atoms with van der Waals surface area (Å²) < 4.78 is 19.0. The van der Waals surface area contributed by atoms with E-state index in [1.165, 1.54) is 24.5 Å². The second kappa shape index (κ2) is 5.35. The quantitative estimate of drug-likeness (QED) is 0.914. The van der Waals surface area contributed by atoms with Gasteiger partial charge in [0.2, 0.25) is 0 Å². The summed E-state index contributed by atoms with van der Waals surface area (Å²) in [6, 6.07) is 5.06. The van der Waals surface area contributed by atoms with Crippen LogP contribution in [-0.2, 0) is 0 Å². The fourth-order valence-corrected chi connectivity index (χ4v) is 2.47. The van der Waals surface area contributed by atoms with E-state index >= 15 is 0 Å². The maximum absolute atomic E-state index is 13.9. The van der Waals surface area contributed by atoms with Crippen molar-refractivity contribution in [1.29, 1.82) is 0 Å². The first-order valence-electron chi connectivity index (χ1n) is 5.66. The molecule has 0 amide bonds. The Balaban J connectivity index is 2.39. The number of ether oxygens (including phenoxy) is 1. The number of nitrogens with one attached hydrogen (secondary N) is 1. The zero-order valence-corrected chi connectivity index (χ0v) is 11.3. The lowest BCUT2D eigenvalue weighted by molar-refractivity contribution is 0.413. The molecule has 1 aromatic carbocycles. The number of hydrogen-bond donors (Lipinski definition) is 1. The molecule has 0 atom stereocenters. The Morgan fingerprint density at radius 3 is 2.83 bits per heavy atom. The van der Waals surface area contributed by atoms with Gasteiger partial charge >= 0.3 is 0 Å². The molecule has 1 heterocycles. The molecule has 0 unspecified atom stereocenters. The molecule has 0 aliphatic heterocycles. The largest absolute Gasteiger partial charge is 0.496 e. The van der Waals surface area contributed by atoms with Crippen LogP contribution in [0.15, 0.2) is 23.6 Å². The van der Waals surface area contributed by atoms with Gasteiger partial charge in [0.15, 0.2) is 5.13 Å². The van der Waals surface area contributed by atoms with Gasteiger partial charge in [-0.05, 0) is 26.0 Å². The van der Waals surface area contributed by atoms with E-state index in [0.717, 1.165) is 5.13 Å². The number of nitrogens with zero attached hydrogens (tertiary/aromatic N) is 1. The number of thiazole rings is 1. The van der Waals surface area contributed by atoms with E-state index in [-0.39, 0.29) is 5.82 Å². The molecule has 18 heavy (non-hydrogen) atoms. The van der Waals surface area contributed by atoms with E-state index in [1.807, 2.05) is 19.2 Å². The van der Waals surface area contributed by atoms with E-state index in [1.54, 1.807) is 12.1 Å². The SMILES string of the molecule is COc1cccc(F)c1-c1csc(NC(C)C)n1. The fourth-order valence-electron chi connectivity index (χ4n) is 1.62. The molecule has 1 aromatic heterocycles. The Hall–Kier alpha value is -1.62. The standard InChI is InChI=1S/C13H15FN2OS/c1-8(2)15-13-16-10(7-18-13)12-9(14)5-4-6-11(12)17-3/h4-8H,1-3H3,(H,15,16). The van der Waals surface area contributed by atoms with Crippen LogP contribution in [0.5, 0.6) is 5.75 Å². The molecule has 96 valence electrons. The van der Waals surface area contributed by atoms with Crippen LogP contribution in [0, 0.1) is 5.82 Å². The summed E-state index contributed by atoms with van der Waals surface area (Å²) in [7, 11) is 1.53. The van der Waals surface area contributed by atoms with Gasteiger partial charge in [-0.25, -0.2) is 9.37 Å². The maximum atomic E-state index is 13.9. The zero-order valence-electron chi connectivity index (χ0n) is 10.5. The normalized spacial score (nSPS) is 10.7. The first-order valence-corrected chi connectivity index (χ1v) is 6.54. The Morgan fingerprint density at radius 1 is 1.39 bits per heavy atom. The molecular weight excluding hydrogens is 251 g/mol. The second-order valence-corrected chi connectivity index (χ2v) is 5.01. The van der Waals surface area contributed by atoms with Crippen LogP contribution in [0.25, 0.3) is 11.3 Å². The molecule has 2 rings (SSSR count). The van der Waals surface area contributed by atoms with Gasteiger partial charge in [0.1, 0.15) is 11.6 Å². The van der Waals surface area contributed by atoms with Gasteiger partial charge in [0.25, 0.3) is 0 Å². The first-order chi connectivity index (χ1) is 8.61. The van der Waals surface area contributed by atoms with Gasteiger partial charge in [-0.3, -0.25) is 0 Å². The van der Waals surface area contributed by atoms with Crippen molar-refractivity contribution in [3.05, 3.63) is 29.4 Å². The van der Waals surface area contributed by atoms with Crippen LogP contribution in [-0.4, -0.2) is 18.1 Å². The summed E-state index contributed by atoms with van der Waals surface area (Å²) in [4.78, 5) is 4.38. The Morgan fingerprint density at radius 2 is 2.17 bits per heavy atom. The lowest BCUT2D eigenvalue weighted by atomic mass is 10.1. The highest BCUT2D eigenvalue weighted by Gasteiger charge is 2.14. The van der Waals surface area contributed by atoms with Crippen molar-refractivity contribution < 1.29 is 9.13 Å². The van der Waals surface area contributed by atoms with Gasteiger partial charge < -0.3 is 10.1 Å². The Bertz CT molecular complexity index is 540. The molecule has 1 N–H and O–H groups in total. The molecule has 0 saturated carbocycles. The Labute approximate surface area is 110 Å². The minimum absolute atomic E-state index is 0.298. The zero-order chi connectivity index (χ0) is 13.1. The Kier molecular flexibility index (Phi) is 3.81. The third-order valence-electron chi connectivity index (χ3n) is 2.37. The van der Waals surface area contributed by atoms with Crippen molar-refractivity contribution >= 4 is 16.5 Å². The highest BCUT2D eigenvalue weighted by molar-refractivity contribution is 7.14. The lowest BCUT2D eigenvalue weighted by Crippen LogP contribution is -2.09. The molecule has 0 aliphatic rings. The summed E-state index contributed by atoms with van der Waals surface area (Å²) in [5, 5.41) is 5.80. The summed E-state index contributed by atoms with van der Waals surface area (Å²) in [5.74, 6) is 0.173. The van der Waals surface area contributed by atoms with Crippen LogP contribution in [0.1, 0.15) is 13.8 Å². The number of aromatic nitrogens is 1. The number of rotatable bonds is 4. The van der Waals surface area contributed by atoms with Crippen molar-refractivity contribution in [1.82, 2.24) is 4.98 Å². The predicted octanol–water partition coefficient (Wildman–Crippen LogP) is 3.78. The van der Waals surface area contributed by atoms with Crippen LogP contribution in [0.4, 0.5) is 9.52 Å². The topological polar surface area (TPSA) is 34.1 Å². The third kappa shape index (κ3) is 2.61. The molecule has 5 heteroatoms. The molecule has 2 aromatic rings. The number of halogens is 1. The molecule has 0 spiro atoms. The van der Waals surface area contributed by atoms with Gasteiger partial charge in [0, 0.05) is 11.4 Å². The number of benzene rings is 1. The average molecular weight is 266 g/mol. The van der Waals surface area contributed by atoms with Gasteiger partial charge in [-0.1, -0.05) is 6.07 Å². The fraction of sp³-hybridized carbons (Fsp3) is 0.308. The minimum Gasteiger partial charge on any atom is -0.496 e. The summed E-state index contributed by atoms with van der Waals surface area (Å²) in [5.41, 5.74) is 1.01. The van der Waals surface area contributed by atoms with Crippen LogP contribution in [0.3, 0.4) is 0 Å². The smallest absolute Gasteiger partial charge is 0.183 e. The third-order valence-corrected chi connectivity index (χ3v) is 3.14. The average Bonchev–Trinajstić information content (AvgIpc) is 2.75. The second-order valence-electron chi connectivity index (χ2n) is 4.15. The van der Waals surface area contributed by atoms with Crippen molar-refractivity contribution in [2.75, 3.05) is 12.4 Å². The molecule has 0 aliphatic carbocycles. The number of hydrogen-bond acceptors (Lipinski definition) is 4. The minimum atomic E-state index is -0.323. The molecule has 3 nitrogen and oxygen atoms in total. The van der Waals surface area contributed by atoms with Gasteiger partial charge in [-0.2, -0.15) is 0 Å². The van der Waals surface area contributed by atoms with Crippen molar-refractivity contribution in [2.24, 2.45) is 0 Å². The van der Waals surface area contributed by atoms with E-state index in [2.05, 4.69) is 10.3 Å². The van der Waals surface area contributed by atoms with Crippen molar-refractivity contribution in [3.8, 4) is 17.0 Å². The van der Waals surface area contributed by atoms with E-state index in [0.29, 0.717) is 23.0 Å². The summed E-state index contributed by atoms with van der Waals surface area (Å²) in [6.45, 7) is 4.06. The first kappa shape index (κ1) is 12.8. The van der Waals surface area contributed by atoms with Crippen LogP contribution in [0.2, 0.25) is 0 Å². The molecule has 0 saturated heterocycles. The van der Waals surface area contributed by atoms with Gasteiger partial charge in [0.05, 0.1) is 18.4 Å². The molecule has 0 radical (unpaired) electrons. The van der Waals surface area contributed by atoms with E-state index < -0.39 is 0 Å². The maximum Gasteiger partial charge on any atom is 0.183 e. The van der Waals surface area contributed by atoms with E-state index in [9.17, 15) is 4.39 Å². The lowest BCUT2D eigenvalue weighted by Gasteiger charge is -2.07. The van der Waals surface area contributed by atoms with Crippen LogP contribution >= 0.6 is 11.3 Å². The number of methoxy groups -OCH3 is 1. The van der Waals surface area contributed by atoms with Crippen LogP contribution < -0.4 is 10.1 Å². The highest BCUT2D eigenvalue weighted by Crippen LogP contribution is 2.34. The highest BCUT2D eigenvalue weighted by atomic mass is 32.1. The summed E-state index contributed by atoms with van der Waals surface area (Å²) >= 11 is 1.46. The molecular formula is C13H15FN2OS. The number of anilines is 1.